The summed E-state index contributed by atoms with van der Waals surface area (Å²) in [7, 11) is 0. The van der Waals surface area contributed by atoms with Crippen LogP contribution < -0.4 is 21.3 Å². The predicted octanol–water partition coefficient (Wildman–Crippen LogP) is 8.87. The van der Waals surface area contributed by atoms with Crippen LogP contribution in [0.25, 0.3) is 22.3 Å². The van der Waals surface area contributed by atoms with Gasteiger partial charge in [-0.25, -0.2) is 19.2 Å². The van der Waals surface area contributed by atoms with Crippen LogP contribution in [0.15, 0.2) is 151 Å². The Labute approximate surface area is 396 Å². The van der Waals surface area contributed by atoms with Crippen molar-refractivity contribution in [2.45, 2.75) is 12.1 Å². The van der Waals surface area contributed by atoms with E-state index in [4.69, 9.17) is 0 Å². The van der Waals surface area contributed by atoms with Crippen molar-refractivity contribution >= 4 is 110 Å². The maximum atomic E-state index is 12.5. The summed E-state index contributed by atoms with van der Waals surface area (Å²) in [4.78, 5) is 57.0. The van der Waals surface area contributed by atoms with Gasteiger partial charge in [0.1, 0.15) is 0 Å². The number of hydrogen-bond acceptors (Lipinski definition) is 6. The third-order valence-electron chi connectivity index (χ3n) is 11.1. The summed E-state index contributed by atoms with van der Waals surface area (Å²) in [6, 6.07) is 25.8. The molecule has 12 nitrogen and oxygen atoms in total. The van der Waals surface area contributed by atoms with E-state index in [2.05, 4.69) is 84.3 Å². The zero-order valence-electron chi connectivity index (χ0n) is 32.6. The fraction of sp³-hybridized carbons (Fsp3) is 0.0417. The summed E-state index contributed by atoms with van der Waals surface area (Å²) in [5.74, 6) is -5.14. The summed E-state index contributed by atoms with van der Waals surface area (Å²) >= 11 is 15.1. The fourth-order valence-corrected chi connectivity index (χ4v) is 11.1. The topological polar surface area (TPSA) is 205 Å². The third kappa shape index (κ3) is 7.80. The Balaban J connectivity index is 1.42. The molecule has 318 valence electrons. The smallest absolute Gasteiger partial charge is 0.335 e. The second-order valence-electron chi connectivity index (χ2n) is 15.0. The molecular formula is C48H30Br4N4O8. The number of aromatic carboxylic acids is 4. The molecule has 0 aliphatic carbocycles. The minimum atomic E-state index is -1.29. The van der Waals surface area contributed by atoms with Gasteiger partial charge in [0, 0.05) is 84.8 Å². The van der Waals surface area contributed by atoms with Gasteiger partial charge in [-0.2, -0.15) is 0 Å². The number of hydrogen-bond donors (Lipinski definition) is 8. The van der Waals surface area contributed by atoms with Crippen LogP contribution in [-0.4, -0.2) is 66.4 Å². The number of rotatable bonds is 8. The molecule has 0 amide bonds. The van der Waals surface area contributed by atoms with Crippen LogP contribution in [-0.2, 0) is 0 Å². The van der Waals surface area contributed by atoms with E-state index in [1.54, 1.807) is 0 Å². The van der Waals surface area contributed by atoms with Crippen LogP contribution in [0.1, 0.15) is 75.1 Å². The summed E-state index contributed by atoms with van der Waals surface area (Å²) < 4.78 is 3.01. The maximum Gasteiger partial charge on any atom is 0.335 e. The molecule has 5 heterocycles. The van der Waals surface area contributed by atoms with E-state index in [0.717, 1.165) is 46.7 Å². The lowest BCUT2D eigenvalue weighted by Gasteiger charge is -2.21. The third-order valence-corrected chi connectivity index (χ3v) is 13.7. The average Bonchev–Trinajstić information content (AvgIpc) is 4.10. The van der Waals surface area contributed by atoms with Gasteiger partial charge in [-0.1, -0.05) is 88.0 Å². The molecule has 16 heteroatoms. The molecule has 3 aliphatic rings. The monoisotopic (exact) mass is 1110 g/mol. The number of benzene rings is 4. The first-order chi connectivity index (χ1) is 30.7. The summed E-state index contributed by atoms with van der Waals surface area (Å²) in [5.41, 5.74) is 6.38. The van der Waals surface area contributed by atoms with Gasteiger partial charge in [-0.3, -0.25) is 0 Å². The number of H-pyrrole nitrogens is 2. The van der Waals surface area contributed by atoms with E-state index < -0.39 is 36.0 Å². The summed E-state index contributed by atoms with van der Waals surface area (Å²) in [6.07, 6.45) is 7.66. The molecule has 64 heavy (non-hydrogen) atoms. The number of carbonyl (C=O) groups is 4. The van der Waals surface area contributed by atoms with Crippen molar-refractivity contribution in [2.75, 3.05) is 0 Å². The second-order valence-corrected chi connectivity index (χ2v) is 18.4. The van der Waals surface area contributed by atoms with Crippen molar-refractivity contribution in [1.29, 1.82) is 0 Å². The van der Waals surface area contributed by atoms with Crippen molar-refractivity contribution in [3.8, 4) is 0 Å². The van der Waals surface area contributed by atoms with Crippen LogP contribution >= 0.6 is 63.7 Å². The number of aromatic amines is 2. The molecule has 0 saturated carbocycles. The fourth-order valence-electron chi connectivity index (χ4n) is 8.33. The lowest BCUT2D eigenvalue weighted by atomic mass is 9.94. The molecule has 4 aromatic carbocycles. The van der Waals surface area contributed by atoms with Crippen LogP contribution in [0.5, 0.6) is 0 Å². The highest BCUT2D eigenvalue weighted by Crippen LogP contribution is 2.41. The number of halogens is 4. The van der Waals surface area contributed by atoms with Gasteiger partial charge in [0.15, 0.2) is 0 Å². The standard InChI is InChI=1S/C48H30Br4N4O8/c49-27-3-1-4-28(50)41(27)43-35-11-7-31(53-35)39(21-15-23(45(57)58)19-24(16-21)46(59)60)33-9-13-37(55-33)44(42-29(51)5-2-6-30(42)52)38-14-10-34(56-38)40(32-8-12-36(43)54-32)22-17-25(47(61)62)20-26(18-22)48(63)64/h1-20,31,38,53-56H,(H,57,58)(H,59,60)(H,61,62)(H,63,64)/b39-33-,40-34-,43-35+,44-37+. The van der Waals surface area contributed by atoms with Crippen LogP contribution in [0.3, 0.4) is 0 Å². The van der Waals surface area contributed by atoms with Crippen molar-refractivity contribution in [1.82, 2.24) is 20.6 Å². The molecule has 6 aromatic rings. The molecule has 8 N–H and O–H groups in total. The van der Waals surface area contributed by atoms with E-state index in [9.17, 15) is 39.6 Å². The molecule has 8 bridgehead atoms. The zero-order chi connectivity index (χ0) is 45.1. The molecule has 2 aromatic heterocycles. The van der Waals surface area contributed by atoms with Crippen molar-refractivity contribution in [3.63, 3.8) is 0 Å². The molecule has 9 rings (SSSR count). The Kier molecular flexibility index (Phi) is 11.3. The molecule has 2 unspecified atom stereocenters. The maximum absolute atomic E-state index is 12.5. The normalized spacial score (nSPS) is 20.5. The number of carboxylic acid groups (broad SMARTS) is 4. The Morgan fingerprint density at radius 1 is 0.453 bits per heavy atom. The Bertz CT molecular complexity index is 3220. The predicted molar refractivity (Wildman–Crippen MR) is 254 cm³/mol. The Morgan fingerprint density at radius 3 is 1.34 bits per heavy atom. The molecular weight excluding hydrogens is 1080 g/mol. The van der Waals surface area contributed by atoms with Gasteiger partial charge in [-0.05, 0) is 108 Å². The zero-order valence-corrected chi connectivity index (χ0v) is 39.0. The second kappa shape index (κ2) is 16.9. The van der Waals surface area contributed by atoms with E-state index >= 15 is 0 Å². The minimum Gasteiger partial charge on any atom is -0.478 e. The molecule has 0 fully saturated rings. The quantitative estimate of drug-likeness (QED) is 0.0727. The molecule has 0 spiro atoms. The van der Waals surface area contributed by atoms with Gasteiger partial charge < -0.3 is 41.0 Å². The largest absolute Gasteiger partial charge is 0.478 e. The number of allylic oxidation sites excluding steroid dienone is 2. The highest BCUT2D eigenvalue weighted by molar-refractivity contribution is 9.11. The molecule has 2 atom stereocenters. The van der Waals surface area contributed by atoms with Gasteiger partial charge >= 0.3 is 23.9 Å². The summed E-state index contributed by atoms with van der Waals surface area (Å²) in [6.45, 7) is 0. The van der Waals surface area contributed by atoms with E-state index in [1.807, 2.05) is 85.0 Å². The van der Waals surface area contributed by atoms with Gasteiger partial charge in [0.2, 0.25) is 0 Å². The first kappa shape index (κ1) is 42.8. The van der Waals surface area contributed by atoms with Crippen LogP contribution in [0.4, 0.5) is 0 Å². The van der Waals surface area contributed by atoms with Gasteiger partial charge in [0.05, 0.1) is 34.3 Å². The highest BCUT2D eigenvalue weighted by Gasteiger charge is 2.30. The summed E-state index contributed by atoms with van der Waals surface area (Å²) in [5, 5.41) is 49.2. The van der Waals surface area contributed by atoms with Crippen molar-refractivity contribution < 1.29 is 39.6 Å². The lowest BCUT2D eigenvalue weighted by Crippen LogP contribution is -2.32. The number of aromatic nitrogens is 2. The molecule has 0 saturated heterocycles. The number of carboxylic acids is 4. The first-order valence-electron chi connectivity index (χ1n) is 19.3. The molecule has 0 radical (unpaired) electrons. The van der Waals surface area contributed by atoms with Gasteiger partial charge in [0.25, 0.3) is 0 Å². The van der Waals surface area contributed by atoms with Gasteiger partial charge in [-0.15, -0.1) is 0 Å². The van der Waals surface area contributed by atoms with Crippen molar-refractivity contribution in [3.05, 3.63) is 217 Å². The minimum absolute atomic E-state index is 0.194. The SMILES string of the molecule is O=C(O)c1cc(C(=O)O)cc(/C2=C3\C=CC(N3)/C(c3c(Br)cccc3Br)=c3/cc/c([nH]3)=C(\c3cc(C(=O)O)cc(C(=O)O)c3)C3C=C/C(=C(\c4c(Br)cccc4Br)c4ccc2[nH]4)N3)c1. The Morgan fingerprint density at radius 2 is 0.859 bits per heavy atom. The van der Waals surface area contributed by atoms with E-state index in [-0.39, 0.29) is 22.3 Å². The van der Waals surface area contributed by atoms with E-state index in [0.29, 0.717) is 61.3 Å². The van der Waals surface area contributed by atoms with E-state index in [1.165, 1.54) is 24.3 Å². The average molecular weight is 1110 g/mol. The lowest BCUT2D eigenvalue weighted by molar-refractivity contribution is 0.0676. The highest BCUT2D eigenvalue weighted by atomic mass is 79.9. The van der Waals surface area contributed by atoms with Crippen molar-refractivity contribution in [2.24, 2.45) is 0 Å². The first-order valence-corrected chi connectivity index (χ1v) is 22.5. The number of nitrogens with one attached hydrogen (secondary N) is 4. The number of fused-ring (bicyclic) bond motifs is 8. The molecule has 3 aliphatic heterocycles. The Hall–Kier alpha value is -6.46. The van der Waals surface area contributed by atoms with Crippen LogP contribution in [0, 0.1) is 0 Å². The van der Waals surface area contributed by atoms with Crippen LogP contribution in [0.2, 0.25) is 0 Å².